The molecule has 2 rings (SSSR count). The lowest BCUT2D eigenvalue weighted by molar-refractivity contribution is -0.125. The number of oxime groups is 1. The number of para-hydroxylation sites is 2. The van der Waals surface area contributed by atoms with Crippen LogP contribution in [0.1, 0.15) is 11.1 Å². The van der Waals surface area contributed by atoms with E-state index in [1.54, 1.807) is 19.2 Å². The van der Waals surface area contributed by atoms with Gasteiger partial charge in [-0.1, -0.05) is 35.5 Å². The van der Waals surface area contributed by atoms with Gasteiger partial charge >= 0.3 is 6.61 Å². The van der Waals surface area contributed by atoms with E-state index in [1.807, 2.05) is 24.3 Å². The highest BCUT2D eigenvalue weighted by atomic mass is 19.3. The van der Waals surface area contributed by atoms with Crippen LogP contribution in [0.25, 0.3) is 0 Å². The van der Waals surface area contributed by atoms with Crippen LogP contribution in [-0.4, -0.2) is 39.0 Å². The highest BCUT2D eigenvalue weighted by molar-refractivity contribution is 5.83. The van der Waals surface area contributed by atoms with Crippen LogP contribution >= 0.6 is 0 Å². The molecule has 27 heavy (non-hydrogen) atoms. The van der Waals surface area contributed by atoms with Crippen molar-refractivity contribution in [3.8, 4) is 11.5 Å². The Balaban J connectivity index is 1.74. The molecule has 0 bridgehead atoms. The fourth-order valence-electron chi connectivity index (χ4n) is 2.28. The molecule has 0 aromatic heterocycles. The monoisotopic (exact) mass is 378 g/mol. The van der Waals surface area contributed by atoms with Crippen LogP contribution in [-0.2, 0) is 16.1 Å². The normalized spacial score (nSPS) is 10.8. The quantitative estimate of drug-likeness (QED) is 0.510. The Labute approximate surface area is 155 Å². The first-order valence-electron chi connectivity index (χ1n) is 8.18. The van der Waals surface area contributed by atoms with E-state index in [4.69, 9.17) is 9.57 Å². The summed E-state index contributed by atoms with van der Waals surface area (Å²) >= 11 is 0. The number of carbonyl (C=O) groups is 1. The second-order valence-electron chi connectivity index (χ2n) is 5.34. The molecule has 1 N–H and O–H groups in total. The molecule has 0 aliphatic carbocycles. The van der Waals surface area contributed by atoms with Crippen molar-refractivity contribution in [1.29, 1.82) is 0 Å². The van der Waals surface area contributed by atoms with Crippen LogP contribution in [0.4, 0.5) is 8.78 Å². The Morgan fingerprint density at radius 2 is 1.85 bits per heavy atom. The molecular weight excluding hydrogens is 358 g/mol. The minimum atomic E-state index is -2.94. The average molecular weight is 378 g/mol. The largest absolute Gasteiger partial charge is 0.496 e. The van der Waals surface area contributed by atoms with Crippen LogP contribution in [0.5, 0.6) is 11.5 Å². The van der Waals surface area contributed by atoms with Gasteiger partial charge in [-0.3, -0.25) is 4.79 Å². The summed E-state index contributed by atoms with van der Waals surface area (Å²) in [5.41, 5.74) is 1.30. The second kappa shape index (κ2) is 10.7. The molecule has 0 fully saturated rings. The number of hydrogen-bond acceptors (Lipinski definition) is 5. The standard InChI is InChI=1S/C19H20F2N2O4/c1-25-16-8-4-2-6-14(16)10-11-22-18(24)13-26-23-12-15-7-3-5-9-17(15)27-19(20)21/h2-9,12,19H,10-11,13H2,1H3,(H,22,24)/b23-12+. The Morgan fingerprint density at radius 3 is 2.59 bits per heavy atom. The number of methoxy groups -OCH3 is 1. The summed E-state index contributed by atoms with van der Waals surface area (Å²) in [4.78, 5) is 16.6. The van der Waals surface area contributed by atoms with Crippen molar-refractivity contribution >= 4 is 12.1 Å². The van der Waals surface area contributed by atoms with E-state index in [0.717, 1.165) is 11.3 Å². The van der Waals surface area contributed by atoms with Gasteiger partial charge in [-0.2, -0.15) is 8.78 Å². The summed E-state index contributed by atoms with van der Waals surface area (Å²) in [6.07, 6.45) is 1.82. The Bertz CT molecular complexity index is 769. The fourth-order valence-corrected chi connectivity index (χ4v) is 2.28. The van der Waals surface area contributed by atoms with Crippen LogP contribution in [0.15, 0.2) is 53.7 Å². The van der Waals surface area contributed by atoms with E-state index in [9.17, 15) is 13.6 Å². The molecule has 0 saturated heterocycles. The van der Waals surface area contributed by atoms with Crippen LogP contribution in [0.2, 0.25) is 0 Å². The van der Waals surface area contributed by atoms with Gasteiger partial charge in [0.25, 0.3) is 5.91 Å². The second-order valence-corrected chi connectivity index (χ2v) is 5.34. The van der Waals surface area contributed by atoms with Crippen molar-refractivity contribution in [2.75, 3.05) is 20.3 Å². The van der Waals surface area contributed by atoms with Gasteiger partial charge < -0.3 is 19.6 Å². The highest BCUT2D eigenvalue weighted by Gasteiger charge is 2.08. The zero-order valence-electron chi connectivity index (χ0n) is 14.7. The third kappa shape index (κ3) is 6.93. The lowest BCUT2D eigenvalue weighted by Gasteiger charge is -2.09. The number of nitrogens with one attached hydrogen (secondary N) is 1. The average Bonchev–Trinajstić information content (AvgIpc) is 2.66. The molecular formula is C19H20F2N2O4. The van der Waals surface area contributed by atoms with E-state index >= 15 is 0 Å². The lowest BCUT2D eigenvalue weighted by atomic mass is 10.1. The number of benzene rings is 2. The van der Waals surface area contributed by atoms with Gasteiger partial charge in [0.1, 0.15) is 11.5 Å². The molecule has 0 saturated carbocycles. The number of rotatable bonds is 10. The maximum atomic E-state index is 12.3. The molecule has 2 aromatic carbocycles. The van der Waals surface area contributed by atoms with Gasteiger partial charge in [-0.25, -0.2) is 0 Å². The maximum absolute atomic E-state index is 12.3. The van der Waals surface area contributed by atoms with Gasteiger partial charge in [0.2, 0.25) is 0 Å². The molecule has 0 radical (unpaired) electrons. The van der Waals surface area contributed by atoms with Gasteiger partial charge in [0.15, 0.2) is 6.61 Å². The van der Waals surface area contributed by atoms with Gasteiger partial charge in [-0.15, -0.1) is 0 Å². The molecule has 0 atom stereocenters. The SMILES string of the molecule is COc1ccccc1CCNC(=O)CO/N=C/c1ccccc1OC(F)F. The van der Waals surface area contributed by atoms with Crippen molar-refractivity contribution in [3.63, 3.8) is 0 Å². The maximum Gasteiger partial charge on any atom is 0.387 e. The zero-order valence-corrected chi connectivity index (χ0v) is 14.7. The van der Waals surface area contributed by atoms with E-state index in [0.29, 0.717) is 18.5 Å². The highest BCUT2D eigenvalue weighted by Crippen LogP contribution is 2.18. The van der Waals surface area contributed by atoms with E-state index in [2.05, 4.69) is 15.2 Å². The summed E-state index contributed by atoms with van der Waals surface area (Å²) < 4.78 is 34.3. The van der Waals surface area contributed by atoms with E-state index < -0.39 is 6.61 Å². The minimum absolute atomic E-state index is 0.0268. The molecule has 6 nitrogen and oxygen atoms in total. The molecule has 0 heterocycles. The molecule has 0 unspecified atom stereocenters. The van der Waals surface area contributed by atoms with Crippen LogP contribution in [0.3, 0.4) is 0 Å². The van der Waals surface area contributed by atoms with Gasteiger partial charge in [-0.05, 0) is 30.2 Å². The Hall–Kier alpha value is -3.16. The van der Waals surface area contributed by atoms with Crippen LogP contribution in [0, 0.1) is 0 Å². The molecule has 1 amide bonds. The number of nitrogens with zero attached hydrogens (tertiary/aromatic N) is 1. The van der Waals surface area contributed by atoms with Crippen molar-refractivity contribution < 1.29 is 27.9 Å². The van der Waals surface area contributed by atoms with Gasteiger partial charge in [0.05, 0.1) is 13.3 Å². The third-order valence-electron chi connectivity index (χ3n) is 3.51. The first kappa shape index (κ1) is 20.2. The van der Waals surface area contributed by atoms with Gasteiger partial charge in [0, 0.05) is 12.1 Å². The summed E-state index contributed by atoms with van der Waals surface area (Å²) in [5.74, 6) is 0.387. The Morgan fingerprint density at radius 1 is 1.15 bits per heavy atom. The molecule has 0 spiro atoms. The summed E-state index contributed by atoms with van der Waals surface area (Å²) in [6, 6.07) is 13.7. The minimum Gasteiger partial charge on any atom is -0.496 e. The molecule has 0 aliphatic heterocycles. The number of alkyl halides is 2. The zero-order chi connectivity index (χ0) is 19.5. The molecule has 2 aromatic rings. The first-order chi connectivity index (χ1) is 13.1. The number of carbonyl (C=O) groups excluding carboxylic acids is 1. The van der Waals surface area contributed by atoms with Crippen molar-refractivity contribution in [3.05, 3.63) is 59.7 Å². The summed E-state index contributed by atoms with van der Waals surface area (Å²) in [5, 5.41) is 6.31. The smallest absolute Gasteiger partial charge is 0.387 e. The predicted molar refractivity (Wildman–Crippen MR) is 96.3 cm³/mol. The van der Waals surface area contributed by atoms with Crippen molar-refractivity contribution in [2.24, 2.45) is 5.16 Å². The lowest BCUT2D eigenvalue weighted by Crippen LogP contribution is -2.29. The fraction of sp³-hybridized carbons (Fsp3) is 0.263. The van der Waals surface area contributed by atoms with Crippen molar-refractivity contribution in [2.45, 2.75) is 13.0 Å². The third-order valence-corrected chi connectivity index (χ3v) is 3.51. The van der Waals surface area contributed by atoms with E-state index in [1.165, 1.54) is 18.3 Å². The van der Waals surface area contributed by atoms with Crippen molar-refractivity contribution in [1.82, 2.24) is 5.32 Å². The number of hydrogen-bond donors (Lipinski definition) is 1. The van der Waals surface area contributed by atoms with Crippen LogP contribution < -0.4 is 14.8 Å². The Kier molecular flexibility index (Phi) is 8.02. The number of ether oxygens (including phenoxy) is 2. The number of halogens is 2. The summed E-state index contributed by atoms with van der Waals surface area (Å²) in [7, 11) is 1.59. The first-order valence-corrected chi connectivity index (χ1v) is 8.18. The summed E-state index contributed by atoms with van der Waals surface area (Å²) in [6.45, 7) is -2.81. The number of amides is 1. The topological polar surface area (TPSA) is 69.2 Å². The molecule has 8 heteroatoms. The van der Waals surface area contributed by atoms with E-state index in [-0.39, 0.29) is 18.3 Å². The molecule has 0 aliphatic rings. The predicted octanol–water partition coefficient (Wildman–Crippen LogP) is 3.01. The molecule has 144 valence electrons.